The van der Waals surface area contributed by atoms with Crippen molar-refractivity contribution in [2.45, 2.75) is 84.2 Å². The van der Waals surface area contributed by atoms with E-state index in [0.29, 0.717) is 0 Å². The van der Waals surface area contributed by atoms with Crippen LogP contribution in [0.25, 0.3) is 0 Å². The van der Waals surface area contributed by atoms with E-state index in [1.807, 2.05) is 0 Å². The van der Waals surface area contributed by atoms with E-state index in [-0.39, 0.29) is 0 Å². The Morgan fingerprint density at radius 2 is 0.962 bits per heavy atom. The van der Waals surface area contributed by atoms with Crippen molar-refractivity contribution in [2.24, 2.45) is 0 Å². The van der Waals surface area contributed by atoms with Gasteiger partial charge in [-0.3, -0.25) is 0 Å². The molecule has 0 spiro atoms. The molecule has 0 amide bonds. The molecule has 26 heavy (non-hydrogen) atoms. The van der Waals surface area contributed by atoms with E-state index in [1.165, 1.54) is 62.5 Å². The summed E-state index contributed by atoms with van der Waals surface area (Å²) < 4.78 is 0. The molecular formula is C25H36O. The molecule has 0 saturated heterocycles. The van der Waals surface area contributed by atoms with Crippen molar-refractivity contribution in [3.8, 4) is 0 Å². The molecule has 0 bridgehead atoms. The van der Waals surface area contributed by atoms with Crippen LogP contribution in [0.15, 0.2) is 48.5 Å². The lowest BCUT2D eigenvalue weighted by atomic mass is 9.97. The molecule has 0 atom stereocenters. The third kappa shape index (κ3) is 6.96. The van der Waals surface area contributed by atoms with Crippen LogP contribution in [-0.2, 0) is 12.8 Å². The minimum Gasteiger partial charge on any atom is -0.384 e. The zero-order chi connectivity index (χ0) is 18.6. The molecule has 2 rings (SSSR count). The van der Waals surface area contributed by atoms with Crippen molar-refractivity contribution in [2.75, 3.05) is 0 Å². The average Bonchev–Trinajstić information content (AvgIpc) is 2.69. The third-order valence-electron chi connectivity index (χ3n) is 5.23. The lowest BCUT2D eigenvalue weighted by Crippen LogP contribution is -2.00. The van der Waals surface area contributed by atoms with Gasteiger partial charge in [0.05, 0.1) is 0 Å². The first kappa shape index (κ1) is 20.7. The molecule has 0 radical (unpaired) electrons. The number of hydrogen-bond donors (Lipinski definition) is 1. The Balaban J connectivity index is 1.86. The molecule has 1 heteroatoms. The van der Waals surface area contributed by atoms with Gasteiger partial charge in [0.1, 0.15) is 6.10 Å². The maximum atomic E-state index is 10.7. The number of benzene rings is 2. The third-order valence-corrected chi connectivity index (χ3v) is 5.23. The zero-order valence-electron chi connectivity index (χ0n) is 16.7. The predicted octanol–water partition coefficient (Wildman–Crippen LogP) is 7.01. The average molecular weight is 353 g/mol. The molecule has 0 fully saturated rings. The molecule has 2 aromatic rings. The molecule has 1 nitrogen and oxygen atoms in total. The molecule has 1 N–H and O–H groups in total. The van der Waals surface area contributed by atoms with E-state index in [4.69, 9.17) is 0 Å². The first-order chi connectivity index (χ1) is 12.7. The summed E-state index contributed by atoms with van der Waals surface area (Å²) in [6.45, 7) is 4.49. The van der Waals surface area contributed by atoms with Gasteiger partial charge in [0, 0.05) is 0 Å². The Hall–Kier alpha value is -1.60. The van der Waals surface area contributed by atoms with Crippen LogP contribution in [0.5, 0.6) is 0 Å². The van der Waals surface area contributed by atoms with Crippen LogP contribution in [0, 0.1) is 0 Å². The van der Waals surface area contributed by atoms with Crippen LogP contribution in [0.1, 0.15) is 93.6 Å². The molecule has 0 aliphatic carbocycles. The van der Waals surface area contributed by atoms with Crippen LogP contribution >= 0.6 is 0 Å². The fourth-order valence-corrected chi connectivity index (χ4v) is 3.44. The zero-order valence-corrected chi connectivity index (χ0v) is 16.7. The Morgan fingerprint density at radius 3 is 1.31 bits per heavy atom. The Kier molecular flexibility index (Phi) is 9.48. The topological polar surface area (TPSA) is 20.2 Å². The quantitative estimate of drug-likeness (QED) is 0.407. The molecule has 0 aliphatic rings. The summed E-state index contributed by atoms with van der Waals surface area (Å²) in [7, 11) is 0. The van der Waals surface area contributed by atoms with Crippen molar-refractivity contribution in [3.63, 3.8) is 0 Å². The van der Waals surface area contributed by atoms with E-state index < -0.39 is 6.10 Å². The smallest absolute Gasteiger partial charge is 0.104 e. The highest BCUT2D eigenvalue weighted by Crippen LogP contribution is 2.23. The summed E-state index contributed by atoms with van der Waals surface area (Å²) in [5.74, 6) is 0. The first-order valence-electron chi connectivity index (χ1n) is 10.6. The summed E-state index contributed by atoms with van der Waals surface area (Å²) in [5.41, 5.74) is 4.72. The van der Waals surface area contributed by atoms with Gasteiger partial charge in [0.15, 0.2) is 0 Å². The summed E-state index contributed by atoms with van der Waals surface area (Å²) in [4.78, 5) is 0. The maximum absolute atomic E-state index is 10.7. The molecule has 142 valence electrons. The number of aliphatic hydroxyl groups excluding tert-OH is 1. The second-order valence-electron chi connectivity index (χ2n) is 7.51. The number of hydrogen-bond acceptors (Lipinski definition) is 1. The van der Waals surface area contributed by atoms with Crippen LogP contribution in [0.3, 0.4) is 0 Å². The van der Waals surface area contributed by atoms with Gasteiger partial charge < -0.3 is 5.11 Å². The lowest BCUT2D eigenvalue weighted by Gasteiger charge is -2.13. The normalized spacial score (nSPS) is 11.2. The van der Waals surface area contributed by atoms with Crippen LogP contribution in [-0.4, -0.2) is 5.11 Å². The highest BCUT2D eigenvalue weighted by molar-refractivity contribution is 5.33. The van der Waals surface area contributed by atoms with Crippen molar-refractivity contribution in [1.82, 2.24) is 0 Å². The molecular weight excluding hydrogens is 316 g/mol. The number of rotatable bonds is 12. The summed E-state index contributed by atoms with van der Waals surface area (Å²) in [5, 5.41) is 10.7. The van der Waals surface area contributed by atoms with Gasteiger partial charge in [-0.25, -0.2) is 0 Å². The molecule has 0 saturated carbocycles. The largest absolute Gasteiger partial charge is 0.384 e. The summed E-state index contributed by atoms with van der Waals surface area (Å²) >= 11 is 0. The van der Waals surface area contributed by atoms with E-state index in [2.05, 4.69) is 62.4 Å². The number of aryl methyl sites for hydroxylation is 2. The maximum Gasteiger partial charge on any atom is 0.104 e. The summed E-state index contributed by atoms with van der Waals surface area (Å²) in [6, 6.07) is 17.0. The monoisotopic (exact) mass is 352 g/mol. The van der Waals surface area contributed by atoms with Gasteiger partial charge in [-0.05, 0) is 47.9 Å². The summed E-state index contributed by atoms with van der Waals surface area (Å²) in [6.07, 6.45) is 12.1. The fourth-order valence-electron chi connectivity index (χ4n) is 3.44. The van der Waals surface area contributed by atoms with Gasteiger partial charge in [0.25, 0.3) is 0 Å². The van der Waals surface area contributed by atoms with Crippen molar-refractivity contribution < 1.29 is 5.11 Å². The van der Waals surface area contributed by atoms with Gasteiger partial charge in [-0.15, -0.1) is 0 Å². The molecule has 0 heterocycles. The molecule has 0 unspecified atom stereocenters. The van der Waals surface area contributed by atoms with E-state index in [0.717, 1.165) is 24.0 Å². The van der Waals surface area contributed by atoms with Crippen molar-refractivity contribution in [1.29, 1.82) is 0 Å². The standard InChI is InChI=1S/C25H36O/c1-3-5-7-9-11-21-13-17-23(18-14-21)25(26)24-19-15-22(16-20-24)12-10-8-6-4-2/h13-20,25-26H,3-12H2,1-2H3. The van der Waals surface area contributed by atoms with Crippen LogP contribution < -0.4 is 0 Å². The molecule has 2 aromatic carbocycles. The number of unbranched alkanes of at least 4 members (excludes halogenated alkanes) is 6. The highest BCUT2D eigenvalue weighted by atomic mass is 16.3. The second kappa shape index (κ2) is 11.9. The minimum absolute atomic E-state index is 0.529. The predicted molar refractivity (Wildman–Crippen MR) is 113 cm³/mol. The van der Waals surface area contributed by atoms with Gasteiger partial charge in [-0.1, -0.05) is 101 Å². The van der Waals surface area contributed by atoms with Crippen molar-refractivity contribution in [3.05, 3.63) is 70.8 Å². The van der Waals surface area contributed by atoms with E-state index >= 15 is 0 Å². The minimum atomic E-state index is -0.529. The van der Waals surface area contributed by atoms with Gasteiger partial charge in [-0.2, -0.15) is 0 Å². The second-order valence-corrected chi connectivity index (χ2v) is 7.51. The van der Waals surface area contributed by atoms with Crippen molar-refractivity contribution >= 4 is 0 Å². The van der Waals surface area contributed by atoms with Gasteiger partial charge >= 0.3 is 0 Å². The Bertz CT molecular complexity index is 542. The molecule has 0 aliphatic heterocycles. The Morgan fingerprint density at radius 1 is 0.577 bits per heavy atom. The molecule has 0 aromatic heterocycles. The fraction of sp³-hybridized carbons (Fsp3) is 0.520. The number of aliphatic hydroxyl groups is 1. The van der Waals surface area contributed by atoms with E-state index in [1.54, 1.807) is 0 Å². The van der Waals surface area contributed by atoms with E-state index in [9.17, 15) is 5.11 Å². The lowest BCUT2D eigenvalue weighted by molar-refractivity contribution is 0.220. The van der Waals surface area contributed by atoms with Crippen LogP contribution in [0.2, 0.25) is 0 Å². The first-order valence-corrected chi connectivity index (χ1v) is 10.6. The Labute approximate surface area is 160 Å². The highest BCUT2D eigenvalue weighted by Gasteiger charge is 2.10. The van der Waals surface area contributed by atoms with Crippen LogP contribution in [0.4, 0.5) is 0 Å². The van der Waals surface area contributed by atoms with Gasteiger partial charge in [0.2, 0.25) is 0 Å². The SMILES string of the molecule is CCCCCCc1ccc(C(O)c2ccc(CCCCCC)cc2)cc1.